The van der Waals surface area contributed by atoms with Crippen LogP contribution in [0.25, 0.3) is 0 Å². The van der Waals surface area contributed by atoms with Gasteiger partial charge in [0.25, 0.3) is 0 Å². The summed E-state index contributed by atoms with van der Waals surface area (Å²) in [5.41, 5.74) is 1.12. The van der Waals surface area contributed by atoms with Crippen LogP contribution in [-0.4, -0.2) is 48.5 Å². The van der Waals surface area contributed by atoms with E-state index in [9.17, 15) is 13.2 Å². The molecule has 1 atom stereocenters. The van der Waals surface area contributed by atoms with Crippen LogP contribution < -0.4 is 23.8 Å². The third-order valence-corrected chi connectivity index (χ3v) is 5.46. The Bertz CT molecular complexity index is 944. The van der Waals surface area contributed by atoms with Crippen molar-refractivity contribution in [3.05, 3.63) is 48.0 Å². The number of hydrogen-bond donors (Lipinski definition) is 1. The average Bonchev–Trinajstić information content (AvgIpc) is 2.70. The highest BCUT2D eigenvalue weighted by Gasteiger charge is 2.25. The van der Waals surface area contributed by atoms with Gasteiger partial charge in [0, 0.05) is 6.07 Å². The van der Waals surface area contributed by atoms with E-state index < -0.39 is 15.9 Å². The van der Waals surface area contributed by atoms with Gasteiger partial charge >= 0.3 is 0 Å². The molecule has 1 unspecified atom stereocenters. The van der Waals surface area contributed by atoms with Crippen LogP contribution in [0, 0.1) is 0 Å². The quantitative estimate of drug-likeness (QED) is 0.667. The minimum atomic E-state index is -3.74. The summed E-state index contributed by atoms with van der Waals surface area (Å²) in [4.78, 5) is 12.6. The predicted molar refractivity (Wildman–Crippen MR) is 111 cm³/mol. The number of nitrogens with one attached hydrogen (secondary N) is 1. The molecule has 0 aliphatic heterocycles. The Balaban J connectivity index is 2.21. The first-order valence-electron chi connectivity index (χ1n) is 8.82. The van der Waals surface area contributed by atoms with Crippen LogP contribution >= 0.6 is 0 Å². The Morgan fingerprint density at radius 3 is 2.10 bits per heavy atom. The molecule has 1 N–H and O–H groups in total. The van der Waals surface area contributed by atoms with Gasteiger partial charge in [0.2, 0.25) is 15.9 Å². The largest absolute Gasteiger partial charge is 0.497 e. The molecule has 29 heavy (non-hydrogen) atoms. The molecule has 0 aliphatic carbocycles. The van der Waals surface area contributed by atoms with Crippen molar-refractivity contribution < 1.29 is 27.4 Å². The molecule has 0 bridgehead atoms. The van der Waals surface area contributed by atoms with Crippen LogP contribution in [0.5, 0.6) is 17.2 Å². The molecule has 0 heterocycles. The summed E-state index contributed by atoms with van der Waals surface area (Å²) >= 11 is 0. The van der Waals surface area contributed by atoms with Crippen LogP contribution in [0.2, 0.25) is 0 Å². The van der Waals surface area contributed by atoms with E-state index in [0.29, 0.717) is 11.5 Å². The molecular formula is C20H26N2O6S. The zero-order valence-corrected chi connectivity index (χ0v) is 17.9. The standard InChI is InChI=1S/C20H26N2O6S/c1-14(15-6-8-16(26-2)9-7-15)21-20(23)13-22(29(5,24)25)18-11-10-17(27-3)12-19(18)28-4/h6-12,14H,13H2,1-5H3,(H,21,23). The number of sulfonamides is 1. The lowest BCUT2D eigenvalue weighted by atomic mass is 10.1. The first-order chi connectivity index (χ1) is 13.7. The highest BCUT2D eigenvalue weighted by molar-refractivity contribution is 7.92. The molecule has 158 valence electrons. The monoisotopic (exact) mass is 422 g/mol. The topological polar surface area (TPSA) is 94.2 Å². The number of nitrogens with zero attached hydrogens (tertiary/aromatic N) is 1. The zero-order valence-electron chi connectivity index (χ0n) is 17.1. The van der Waals surface area contributed by atoms with Crippen LogP contribution in [0.1, 0.15) is 18.5 Å². The molecule has 0 radical (unpaired) electrons. The number of ether oxygens (including phenoxy) is 3. The second-order valence-electron chi connectivity index (χ2n) is 6.37. The van der Waals surface area contributed by atoms with Crippen molar-refractivity contribution in [3.8, 4) is 17.2 Å². The van der Waals surface area contributed by atoms with E-state index in [1.807, 2.05) is 19.1 Å². The molecule has 1 amide bonds. The van der Waals surface area contributed by atoms with Crippen molar-refractivity contribution in [1.29, 1.82) is 0 Å². The zero-order chi connectivity index (χ0) is 21.6. The van der Waals surface area contributed by atoms with Gasteiger partial charge in [0.05, 0.1) is 39.3 Å². The third-order valence-electron chi connectivity index (χ3n) is 4.34. The van der Waals surface area contributed by atoms with Gasteiger partial charge in [-0.05, 0) is 36.8 Å². The molecule has 0 fully saturated rings. The Labute approximate surface area is 171 Å². The molecule has 9 heteroatoms. The predicted octanol–water partition coefficient (Wildman–Crippen LogP) is 2.36. The van der Waals surface area contributed by atoms with Crippen molar-refractivity contribution in [2.24, 2.45) is 0 Å². The molecule has 0 spiro atoms. The Morgan fingerprint density at radius 1 is 1.00 bits per heavy atom. The van der Waals surface area contributed by atoms with E-state index in [0.717, 1.165) is 16.1 Å². The number of amides is 1. The van der Waals surface area contributed by atoms with Gasteiger partial charge in [0.1, 0.15) is 23.8 Å². The summed E-state index contributed by atoms with van der Waals surface area (Å²) in [5, 5.41) is 2.81. The minimum Gasteiger partial charge on any atom is -0.497 e. The summed E-state index contributed by atoms with van der Waals surface area (Å²) in [6.45, 7) is 1.43. The molecule has 2 rings (SSSR count). The van der Waals surface area contributed by atoms with Gasteiger partial charge in [-0.25, -0.2) is 8.42 Å². The van der Waals surface area contributed by atoms with Gasteiger partial charge in [0.15, 0.2) is 0 Å². The van der Waals surface area contributed by atoms with E-state index in [4.69, 9.17) is 14.2 Å². The lowest BCUT2D eigenvalue weighted by Gasteiger charge is -2.25. The van der Waals surface area contributed by atoms with E-state index in [1.165, 1.54) is 14.2 Å². The summed E-state index contributed by atoms with van der Waals surface area (Å²) in [5.74, 6) is 1.06. The number of rotatable bonds is 9. The smallest absolute Gasteiger partial charge is 0.241 e. The van der Waals surface area contributed by atoms with E-state index >= 15 is 0 Å². The fourth-order valence-electron chi connectivity index (χ4n) is 2.77. The summed E-state index contributed by atoms with van der Waals surface area (Å²) in [6, 6.07) is 11.7. The van der Waals surface area contributed by atoms with Gasteiger partial charge in [-0.1, -0.05) is 12.1 Å². The number of anilines is 1. The van der Waals surface area contributed by atoms with Gasteiger partial charge in [-0.3, -0.25) is 9.10 Å². The van der Waals surface area contributed by atoms with Crippen molar-refractivity contribution in [3.63, 3.8) is 0 Å². The molecule has 0 aliphatic rings. The van der Waals surface area contributed by atoms with Gasteiger partial charge < -0.3 is 19.5 Å². The van der Waals surface area contributed by atoms with Gasteiger partial charge in [-0.15, -0.1) is 0 Å². The molecule has 2 aromatic rings. The van der Waals surface area contributed by atoms with Crippen LogP contribution in [0.15, 0.2) is 42.5 Å². The lowest BCUT2D eigenvalue weighted by Crippen LogP contribution is -2.41. The van der Waals surface area contributed by atoms with Crippen LogP contribution in [0.3, 0.4) is 0 Å². The van der Waals surface area contributed by atoms with Crippen LogP contribution in [0.4, 0.5) is 5.69 Å². The van der Waals surface area contributed by atoms with Crippen LogP contribution in [-0.2, 0) is 14.8 Å². The number of carbonyl (C=O) groups excluding carboxylic acids is 1. The highest BCUT2D eigenvalue weighted by atomic mass is 32.2. The second-order valence-corrected chi connectivity index (χ2v) is 8.28. The maximum Gasteiger partial charge on any atom is 0.241 e. The maximum atomic E-state index is 12.6. The van der Waals surface area contributed by atoms with E-state index in [-0.39, 0.29) is 24.0 Å². The van der Waals surface area contributed by atoms with Crippen molar-refractivity contribution >= 4 is 21.6 Å². The van der Waals surface area contributed by atoms with E-state index in [1.54, 1.807) is 37.4 Å². The SMILES string of the molecule is COc1ccc(C(C)NC(=O)CN(c2ccc(OC)cc2OC)S(C)(=O)=O)cc1. The Kier molecular flexibility index (Phi) is 7.33. The Hall–Kier alpha value is -2.94. The van der Waals surface area contributed by atoms with Crippen molar-refractivity contribution in [2.75, 3.05) is 38.4 Å². The number of carbonyl (C=O) groups is 1. The Morgan fingerprint density at radius 2 is 1.59 bits per heavy atom. The first kappa shape index (κ1) is 22.4. The molecule has 8 nitrogen and oxygen atoms in total. The fraction of sp³-hybridized carbons (Fsp3) is 0.350. The molecule has 0 saturated heterocycles. The minimum absolute atomic E-state index is 0.253. The third kappa shape index (κ3) is 5.77. The lowest BCUT2D eigenvalue weighted by molar-refractivity contribution is -0.120. The van der Waals surface area contributed by atoms with Gasteiger partial charge in [-0.2, -0.15) is 0 Å². The van der Waals surface area contributed by atoms with E-state index in [2.05, 4.69) is 5.32 Å². The fourth-order valence-corrected chi connectivity index (χ4v) is 3.63. The summed E-state index contributed by atoms with van der Waals surface area (Å²) in [6.07, 6.45) is 1.04. The van der Waals surface area contributed by atoms with Crippen molar-refractivity contribution in [1.82, 2.24) is 5.32 Å². The summed E-state index contributed by atoms with van der Waals surface area (Å²) in [7, 11) is 0.755. The number of benzene rings is 2. The molecule has 0 aromatic heterocycles. The summed E-state index contributed by atoms with van der Waals surface area (Å²) < 4.78 is 41.3. The normalized spacial score (nSPS) is 12.0. The molecule has 0 saturated carbocycles. The number of methoxy groups -OCH3 is 3. The first-order valence-corrected chi connectivity index (χ1v) is 10.7. The maximum absolute atomic E-state index is 12.6. The second kappa shape index (κ2) is 9.51. The number of hydrogen-bond acceptors (Lipinski definition) is 6. The highest BCUT2D eigenvalue weighted by Crippen LogP contribution is 2.33. The van der Waals surface area contributed by atoms with Crippen molar-refractivity contribution in [2.45, 2.75) is 13.0 Å². The molecule has 2 aromatic carbocycles. The molecular weight excluding hydrogens is 396 g/mol. The average molecular weight is 423 g/mol.